The second kappa shape index (κ2) is 7.59. The average Bonchev–Trinajstić information content (AvgIpc) is 3.10. The van der Waals surface area contributed by atoms with E-state index in [9.17, 15) is 9.90 Å². The number of aliphatic hydroxyl groups is 1. The van der Waals surface area contributed by atoms with Gasteiger partial charge < -0.3 is 9.84 Å². The Kier molecular flexibility index (Phi) is 5.27. The molecule has 3 rings (SSSR count). The van der Waals surface area contributed by atoms with Crippen LogP contribution in [0, 0.1) is 5.92 Å². The summed E-state index contributed by atoms with van der Waals surface area (Å²) in [6.07, 6.45) is 0.570. The van der Waals surface area contributed by atoms with Crippen molar-refractivity contribution >= 4 is 5.97 Å². The van der Waals surface area contributed by atoms with E-state index in [1.165, 1.54) is 7.11 Å². The van der Waals surface area contributed by atoms with E-state index in [0.717, 1.165) is 49.4 Å². The summed E-state index contributed by atoms with van der Waals surface area (Å²) < 4.78 is 4.62. The number of H-pyrrole nitrogens is 1. The molecule has 1 aliphatic heterocycles. The highest BCUT2D eigenvalue weighted by atomic mass is 16.5. The predicted octanol–water partition coefficient (Wildman–Crippen LogP) is 1.82. The summed E-state index contributed by atoms with van der Waals surface area (Å²) in [5.74, 6) is -0.551. The van der Waals surface area contributed by atoms with Gasteiger partial charge in [-0.25, -0.2) is 4.79 Å². The van der Waals surface area contributed by atoms with Crippen molar-refractivity contribution in [2.75, 3.05) is 20.2 Å². The van der Waals surface area contributed by atoms with Gasteiger partial charge in [0.05, 0.1) is 12.8 Å². The Balaban J connectivity index is 1.54. The second-order valence-corrected chi connectivity index (χ2v) is 6.23. The molecule has 2 N–H and O–H groups in total. The fourth-order valence-electron chi connectivity index (χ4n) is 3.18. The Hall–Kier alpha value is -2.18. The maximum Gasteiger partial charge on any atom is 0.334 e. The first kappa shape index (κ1) is 16.7. The Morgan fingerprint density at radius 3 is 2.75 bits per heavy atom. The van der Waals surface area contributed by atoms with Gasteiger partial charge in [0, 0.05) is 17.8 Å². The molecule has 1 aliphatic rings. The number of carbonyl (C=O) groups is 1. The number of likely N-dealkylation sites (tertiary alicyclic amines) is 1. The summed E-state index contributed by atoms with van der Waals surface area (Å²) in [4.78, 5) is 13.7. The number of hydrogen-bond donors (Lipinski definition) is 2. The van der Waals surface area contributed by atoms with Crippen LogP contribution in [0.25, 0.3) is 11.3 Å². The number of aliphatic hydroxyl groups excluding tert-OH is 1. The lowest BCUT2D eigenvalue weighted by Gasteiger charge is -2.32. The summed E-state index contributed by atoms with van der Waals surface area (Å²) in [6, 6.07) is 12.1. The number of carbonyl (C=O) groups excluding carboxylic acids is 1. The number of rotatable bonds is 5. The molecule has 0 bridgehead atoms. The molecule has 1 atom stereocenters. The monoisotopic (exact) mass is 329 g/mol. The molecule has 1 saturated heterocycles. The number of piperidine rings is 1. The lowest BCUT2D eigenvalue weighted by atomic mass is 9.91. The minimum atomic E-state index is -1.01. The predicted molar refractivity (Wildman–Crippen MR) is 90.0 cm³/mol. The van der Waals surface area contributed by atoms with E-state index in [1.807, 2.05) is 30.3 Å². The summed E-state index contributed by atoms with van der Waals surface area (Å²) >= 11 is 0. The third kappa shape index (κ3) is 3.83. The van der Waals surface area contributed by atoms with E-state index >= 15 is 0 Å². The number of aromatic amines is 1. The van der Waals surface area contributed by atoms with Gasteiger partial charge in [-0.05, 0) is 37.9 Å². The van der Waals surface area contributed by atoms with E-state index in [1.54, 1.807) is 0 Å². The van der Waals surface area contributed by atoms with Crippen molar-refractivity contribution in [1.82, 2.24) is 15.1 Å². The van der Waals surface area contributed by atoms with Crippen molar-refractivity contribution in [3.05, 3.63) is 42.1 Å². The van der Waals surface area contributed by atoms with Gasteiger partial charge in [-0.15, -0.1) is 0 Å². The summed E-state index contributed by atoms with van der Waals surface area (Å²) in [5.41, 5.74) is 3.11. The molecule has 6 nitrogen and oxygen atoms in total. The van der Waals surface area contributed by atoms with Crippen LogP contribution in [0.1, 0.15) is 18.5 Å². The molecule has 1 aromatic heterocycles. The minimum Gasteiger partial charge on any atom is -0.467 e. The molecule has 2 aromatic rings. The number of methoxy groups -OCH3 is 1. The second-order valence-electron chi connectivity index (χ2n) is 6.23. The normalized spacial score (nSPS) is 17.6. The molecule has 0 radical (unpaired) electrons. The van der Waals surface area contributed by atoms with Gasteiger partial charge in [-0.2, -0.15) is 5.10 Å². The topological polar surface area (TPSA) is 78.5 Å². The highest BCUT2D eigenvalue weighted by Crippen LogP contribution is 2.23. The first-order valence-electron chi connectivity index (χ1n) is 8.25. The number of aromatic nitrogens is 2. The van der Waals surface area contributed by atoms with E-state index in [0.29, 0.717) is 0 Å². The number of ether oxygens (including phenoxy) is 1. The lowest BCUT2D eigenvalue weighted by Crippen LogP contribution is -2.40. The largest absolute Gasteiger partial charge is 0.467 e. The van der Waals surface area contributed by atoms with Gasteiger partial charge in [-0.3, -0.25) is 10.00 Å². The van der Waals surface area contributed by atoms with Gasteiger partial charge >= 0.3 is 5.97 Å². The molecule has 1 aromatic carbocycles. The molecule has 0 saturated carbocycles. The number of nitrogens with zero attached hydrogens (tertiary/aromatic N) is 2. The van der Waals surface area contributed by atoms with Crippen LogP contribution in [0.3, 0.4) is 0 Å². The zero-order valence-electron chi connectivity index (χ0n) is 13.8. The van der Waals surface area contributed by atoms with Crippen molar-refractivity contribution in [2.45, 2.75) is 25.5 Å². The molecule has 6 heteroatoms. The molecule has 2 heterocycles. The van der Waals surface area contributed by atoms with Crippen LogP contribution >= 0.6 is 0 Å². The van der Waals surface area contributed by atoms with Crippen LogP contribution in [0.15, 0.2) is 36.4 Å². The first-order chi connectivity index (χ1) is 11.7. The van der Waals surface area contributed by atoms with Crippen molar-refractivity contribution in [2.24, 2.45) is 5.92 Å². The maximum absolute atomic E-state index is 11.4. The summed E-state index contributed by atoms with van der Waals surface area (Å²) in [6.45, 7) is 2.48. The Bertz CT molecular complexity index is 663. The number of nitrogens with one attached hydrogen (secondary N) is 1. The van der Waals surface area contributed by atoms with Crippen molar-refractivity contribution in [3.63, 3.8) is 0 Å². The molecule has 1 fully saturated rings. The highest BCUT2D eigenvalue weighted by molar-refractivity contribution is 5.74. The summed E-state index contributed by atoms with van der Waals surface area (Å²) in [7, 11) is 1.31. The molecule has 0 amide bonds. The van der Waals surface area contributed by atoms with Crippen LogP contribution in [0.2, 0.25) is 0 Å². The van der Waals surface area contributed by atoms with Crippen LogP contribution in [0.5, 0.6) is 0 Å². The third-order valence-corrected chi connectivity index (χ3v) is 4.62. The van der Waals surface area contributed by atoms with Crippen molar-refractivity contribution < 1.29 is 14.6 Å². The zero-order valence-corrected chi connectivity index (χ0v) is 13.8. The third-order valence-electron chi connectivity index (χ3n) is 4.62. The molecular formula is C18H23N3O3. The molecule has 1 unspecified atom stereocenters. The first-order valence-corrected chi connectivity index (χ1v) is 8.25. The minimum absolute atomic E-state index is 0.0182. The van der Waals surface area contributed by atoms with Crippen LogP contribution in [-0.4, -0.2) is 52.5 Å². The maximum atomic E-state index is 11.4. The summed E-state index contributed by atoms with van der Waals surface area (Å²) in [5, 5.41) is 17.4. The Morgan fingerprint density at radius 2 is 2.08 bits per heavy atom. The Labute approximate surface area is 141 Å². The quantitative estimate of drug-likeness (QED) is 0.818. The van der Waals surface area contributed by atoms with Crippen LogP contribution in [0.4, 0.5) is 0 Å². The number of benzene rings is 1. The number of hydrogen-bond acceptors (Lipinski definition) is 5. The van der Waals surface area contributed by atoms with E-state index in [4.69, 9.17) is 0 Å². The SMILES string of the molecule is COC(=O)C(O)C1CCN(Cc2cc(-c3ccccc3)n[nH]2)CC1. The van der Waals surface area contributed by atoms with E-state index in [2.05, 4.69) is 25.9 Å². The lowest BCUT2D eigenvalue weighted by molar-refractivity contribution is -0.154. The molecule has 0 spiro atoms. The zero-order chi connectivity index (χ0) is 16.9. The molecule has 24 heavy (non-hydrogen) atoms. The van der Waals surface area contributed by atoms with Gasteiger partial charge in [0.2, 0.25) is 0 Å². The van der Waals surface area contributed by atoms with Gasteiger partial charge in [-0.1, -0.05) is 30.3 Å². The van der Waals surface area contributed by atoms with E-state index in [-0.39, 0.29) is 5.92 Å². The highest BCUT2D eigenvalue weighted by Gasteiger charge is 2.30. The van der Waals surface area contributed by atoms with Gasteiger partial charge in [0.25, 0.3) is 0 Å². The molecule has 128 valence electrons. The standard InChI is InChI=1S/C18H23N3O3/c1-24-18(23)17(22)14-7-9-21(10-8-14)12-15-11-16(20-19-15)13-5-3-2-4-6-13/h2-6,11,14,17,22H,7-10,12H2,1H3,(H,19,20). The molecular weight excluding hydrogens is 306 g/mol. The van der Waals surface area contributed by atoms with Crippen LogP contribution in [-0.2, 0) is 16.1 Å². The fourth-order valence-corrected chi connectivity index (χ4v) is 3.18. The van der Waals surface area contributed by atoms with Crippen LogP contribution < -0.4 is 0 Å². The number of esters is 1. The van der Waals surface area contributed by atoms with Gasteiger partial charge in [0.15, 0.2) is 6.10 Å². The molecule has 0 aliphatic carbocycles. The van der Waals surface area contributed by atoms with Gasteiger partial charge in [0.1, 0.15) is 0 Å². The van der Waals surface area contributed by atoms with E-state index < -0.39 is 12.1 Å². The Morgan fingerprint density at radius 1 is 1.38 bits per heavy atom. The average molecular weight is 329 g/mol. The van der Waals surface area contributed by atoms with Crippen molar-refractivity contribution in [3.8, 4) is 11.3 Å². The fraction of sp³-hybridized carbons (Fsp3) is 0.444. The smallest absolute Gasteiger partial charge is 0.334 e. The van der Waals surface area contributed by atoms with Crippen molar-refractivity contribution in [1.29, 1.82) is 0 Å².